The van der Waals surface area contributed by atoms with Crippen molar-refractivity contribution in [3.63, 3.8) is 0 Å². The second kappa shape index (κ2) is 5.69. The monoisotopic (exact) mass is 248 g/mol. The third kappa shape index (κ3) is 3.90. The Morgan fingerprint density at radius 2 is 2.22 bits per heavy atom. The minimum Gasteiger partial charge on any atom is -0.344 e. The Labute approximate surface area is 108 Å². The van der Waals surface area contributed by atoms with E-state index in [2.05, 4.69) is 43.0 Å². The zero-order chi connectivity index (χ0) is 13.8. The van der Waals surface area contributed by atoms with E-state index in [9.17, 15) is 4.79 Å². The molecule has 0 bridgehead atoms. The maximum Gasteiger partial charge on any atom is 0.234 e. The average molecular weight is 248 g/mol. The van der Waals surface area contributed by atoms with Crippen molar-refractivity contribution in [2.75, 3.05) is 13.1 Å². The zero-order valence-corrected chi connectivity index (χ0v) is 11.4. The third-order valence-corrected chi connectivity index (χ3v) is 2.32. The molecule has 0 saturated heterocycles. The number of aryl methyl sites for hydroxylation is 1. The second-order valence-corrected chi connectivity index (χ2v) is 5.10. The number of hydrogen-bond donors (Lipinski definition) is 2. The Hall–Kier alpha value is -1.80. The van der Waals surface area contributed by atoms with E-state index in [0.29, 0.717) is 6.54 Å². The van der Waals surface area contributed by atoms with Gasteiger partial charge >= 0.3 is 0 Å². The first-order chi connectivity index (χ1) is 8.34. The topological polar surface area (TPSA) is 72.9 Å². The number of carbonyl (C=O) groups is 1. The van der Waals surface area contributed by atoms with E-state index < -0.39 is 0 Å². The van der Waals surface area contributed by atoms with Gasteiger partial charge in [-0.1, -0.05) is 32.6 Å². The second-order valence-electron chi connectivity index (χ2n) is 5.10. The molecule has 5 heteroatoms. The lowest BCUT2D eigenvalue weighted by atomic mass is 9.90. The van der Waals surface area contributed by atoms with Crippen molar-refractivity contribution < 1.29 is 4.79 Å². The molecule has 98 valence electrons. The highest BCUT2D eigenvalue weighted by molar-refractivity contribution is 5.77. The van der Waals surface area contributed by atoms with Crippen LogP contribution in [0.25, 0.3) is 0 Å². The third-order valence-electron chi connectivity index (χ3n) is 2.32. The highest BCUT2D eigenvalue weighted by Gasteiger charge is 2.20. The SMILES string of the molecule is Cn1cc(C#CCNC(=O)CN)c(C(C)(C)C)n1. The molecule has 0 spiro atoms. The lowest BCUT2D eigenvalue weighted by molar-refractivity contribution is -0.119. The fourth-order valence-corrected chi connectivity index (χ4v) is 1.49. The van der Waals surface area contributed by atoms with Gasteiger partial charge in [0.15, 0.2) is 0 Å². The molecule has 0 radical (unpaired) electrons. The number of nitrogens with one attached hydrogen (secondary N) is 1. The Balaban J connectivity index is 2.79. The van der Waals surface area contributed by atoms with Crippen LogP contribution in [-0.4, -0.2) is 28.8 Å². The van der Waals surface area contributed by atoms with Crippen molar-refractivity contribution in [1.82, 2.24) is 15.1 Å². The van der Waals surface area contributed by atoms with E-state index in [4.69, 9.17) is 5.73 Å². The summed E-state index contributed by atoms with van der Waals surface area (Å²) in [6.07, 6.45) is 1.89. The lowest BCUT2D eigenvalue weighted by Crippen LogP contribution is -2.30. The van der Waals surface area contributed by atoms with Gasteiger partial charge in [0.1, 0.15) is 0 Å². The molecule has 1 aromatic rings. The molecule has 0 saturated carbocycles. The number of amides is 1. The number of hydrogen-bond acceptors (Lipinski definition) is 3. The molecular weight excluding hydrogens is 228 g/mol. The van der Waals surface area contributed by atoms with Crippen LogP contribution in [0, 0.1) is 11.8 Å². The van der Waals surface area contributed by atoms with Crippen molar-refractivity contribution in [3.05, 3.63) is 17.5 Å². The number of carbonyl (C=O) groups excluding carboxylic acids is 1. The van der Waals surface area contributed by atoms with E-state index in [1.165, 1.54) is 0 Å². The van der Waals surface area contributed by atoms with Gasteiger partial charge in [-0.15, -0.1) is 0 Å². The molecule has 18 heavy (non-hydrogen) atoms. The van der Waals surface area contributed by atoms with E-state index >= 15 is 0 Å². The van der Waals surface area contributed by atoms with Gasteiger partial charge in [-0.3, -0.25) is 9.48 Å². The Kier molecular flexibility index (Phi) is 4.51. The first-order valence-electron chi connectivity index (χ1n) is 5.84. The molecule has 0 aliphatic carbocycles. The smallest absolute Gasteiger partial charge is 0.234 e. The van der Waals surface area contributed by atoms with E-state index in [-0.39, 0.29) is 17.9 Å². The van der Waals surface area contributed by atoms with Crippen LogP contribution in [0.5, 0.6) is 0 Å². The van der Waals surface area contributed by atoms with Crippen molar-refractivity contribution in [2.24, 2.45) is 12.8 Å². The summed E-state index contributed by atoms with van der Waals surface area (Å²) in [7, 11) is 1.87. The summed E-state index contributed by atoms with van der Waals surface area (Å²) in [4.78, 5) is 10.9. The summed E-state index contributed by atoms with van der Waals surface area (Å²) in [5.41, 5.74) is 6.98. The highest BCUT2D eigenvalue weighted by Crippen LogP contribution is 2.23. The molecule has 3 N–H and O–H groups in total. The molecule has 0 aromatic carbocycles. The predicted molar refractivity (Wildman–Crippen MR) is 70.9 cm³/mol. The largest absolute Gasteiger partial charge is 0.344 e. The van der Waals surface area contributed by atoms with Crippen molar-refractivity contribution >= 4 is 5.91 Å². The van der Waals surface area contributed by atoms with Gasteiger partial charge in [0.05, 0.1) is 24.3 Å². The highest BCUT2D eigenvalue weighted by atomic mass is 16.1. The maximum atomic E-state index is 10.9. The van der Waals surface area contributed by atoms with Crippen LogP contribution in [-0.2, 0) is 17.3 Å². The van der Waals surface area contributed by atoms with Gasteiger partial charge < -0.3 is 11.1 Å². The van der Waals surface area contributed by atoms with E-state index in [1.807, 2.05) is 13.2 Å². The van der Waals surface area contributed by atoms with Crippen molar-refractivity contribution in [3.8, 4) is 11.8 Å². The average Bonchev–Trinajstić information content (AvgIpc) is 2.65. The summed E-state index contributed by atoms with van der Waals surface area (Å²) >= 11 is 0. The van der Waals surface area contributed by atoms with Crippen LogP contribution in [0.1, 0.15) is 32.0 Å². The molecule has 1 rings (SSSR count). The normalized spacial score (nSPS) is 10.7. The van der Waals surface area contributed by atoms with Crippen LogP contribution >= 0.6 is 0 Å². The van der Waals surface area contributed by atoms with Crippen LogP contribution in [0.3, 0.4) is 0 Å². The molecule has 5 nitrogen and oxygen atoms in total. The minimum absolute atomic E-state index is 0.0121. The molecule has 1 amide bonds. The first kappa shape index (κ1) is 14.3. The molecular formula is C13H20N4O. The van der Waals surface area contributed by atoms with Gasteiger partial charge in [0, 0.05) is 18.7 Å². The number of aromatic nitrogens is 2. The summed E-state index contributed by atoms with van der Waals surface area (Å²) in [5.74, 6) is 5.73. The maximum absolute atomic E-state index is 10.9. The van der Waals surface area contributed by atoms with Gasteiger partial charge in [0.25, 0.3) is 0 Å². The summed E-state index contributed by atoms with van der Waals surface area (Å²) < 4.78 is 1.75. The Morgan fingerprint density at radius 1 is 1.56 bits per heavy atom. The van der Waals surface area contributed by atoms with Gasteiger partial charge in [-0.25, -0.2) is 0 Å². The van der Waals surface area contributed by atoms with Crippen LogP contribution in [0.2, 0.25) is 0 Å². The van der Waals surface area contributed by atoms with Gasteiger partial charge in [-0.2, -0.15) is 5.10 Å². The van der Waals surface area contributed by atoms with Crippen LogP contribution in [0.15, 0.2) is 6.20 Å². The summed E-state index contributed by atoms with van der Waals surface area (Å²) in [6, 6.07) is 0. The number of nitrogens with two attached hydrogens (primary N) is 1. The fourth-order valence-electron chi connectivity index (χ4n) is 1.49. The zero-order valence-electron chi connectivity index (χ0n) is 11.4. The molecule has 1 aromatic heterocycles. The molecule has 0 unspecified atom stereocenters. The Morgan fingerprint density at radius 3 is 2.78 bits per heavy atom. The van der Waals surface area contributed by atoms with Crippen molar-refractivity contribution in [1.29, 1.82) is 0 Å². The van der Waals surface area contributed by atoms with E-state index in [1.54, 1.807) is 4.68 Å². The number of rotatable bonds is 2. The summed E-state index contributed by atoms with van der Waals surface area (Å²) in [6.45, 7) is 6.57. The lowest BCUT2D eigenvalue weighted by Gasteiger charge is -2.15. The van der Waals surface area contributed by atoms with Crippen LogP contribution in [0.4, 0.5) is 0 Å². The first-order valence-corrected chi connectivity index (χ1v) is 5.84. The molecule has 0 aliphatic rings. The minimum atomic E-state index is -0.202. The predicted octanol–water partition coefficient (Wildman–Crippen LogP) is 0.144. The fraction of sp³-hybridized carbons (Fsp3) is 0.538. The van der Waals surface area contributed by atoms with Gasteiger partial charge in [-0.05, 0) is 0 Å². The molecule has 1 heterocycles. The van der Waals surface area contributed by atoms with Crippen LogP contribution < -0.4 is 11.1 Å². The standard InChI is InChI=1S/C13H20N4O/c1-13(2,3)12-10(9-17(4)16-12)6-5-7-15-11(18)8-14/h9H,7-8,14H2,1-4H3,(H,15,18). The number of nitrogens with zero attached hydrogens (tertiary/aromatic N) is 2. The van der Waals surface area contributed by atoms with E-state index in [0.717, 1.165) is 11.3 Å². The van der Waals surface area contributed by atoms with Gasteiger partial charge in [0.2, 0.25) is 5.91 Å². The van der Waals surface area contributed by atoms with Crippen molar-refractivity contribution in [2.45, 2.75) is 26.2 Å². The Bertz CT molecular complexity index is 485. The molecule has 0 atom stereocenters. The molecule has 0 aliphatic heterocycles. The quantitative estimate of drug-likeness (QED) is 0.731. The molecule has 0 fully saturated rings. The summed E-state index contributed by atoms with van der Waals surface area (Å²) in [5, 5.41) is 7.02.